The lowest BCUT2D eigenvalue weighted by atomic mass is 9.84. The van der Waals surface area contributed by atoms with Gasteiger partial charge in [-0.25, -0.2) is 0 Å². The number of rotatable bonds is 3. The minimum absolute atomic E-state index is 0.0380. The molecule has 4 heteroatoms. The smallest absolute Gasteiger partial charge is 0.254 e. The van der Waals surface area contributed by atoms with Crippen LogP contribution in [0.5, 0.6) is 0 Å². The zero-order valence-electron chi connectivity index (χ0n) is 13.5. The van der Waals surface area contributed by atoms with Gasteiger partial charge in [0.25, 0.3) is 11.5 Å². The number of carbonyl (C=O) groups excluding carboxylic acids is 1. The average molecular weight is 302 g/mol. The summed E-state index contributed by atoms with van der Waals surface area (Å²) in [4.78, 5) is 26.5. The number of aryl methyl sites for hydroxylation is 1. The second-order valence-electron chi connectivity index (χ2n) is 6.90. The van der Waals surface area contributed by atoms with Crippen molar-refractivity contribution in [1.29, 1.82) is 0 Å². The van der Waals surface area contributed by atoms with E-state index in [0.29, 0.717) is 11.6 Å². The van der Waals surface area contributed by atoms with Crippen molar-refractivity contribution in [1.82, 2.24) is 9.47 Å². The first-order valence-corrected chi connectivity index (χ1v) is 8.63. The number of pyridine rings is 1. The minimum Gasteiger partial charge on any atom is -0.336 e. The summed E-state index contributed by atoms with van der Waals surface area (Å²) in [5.74, 6) is 0.826. The number of amides is 1. The molecule has 1 aromatic heterocycles. The van der Waals surface area contributed by atoms with Gasteiger partial charge >= 0.3 is 0 Å². The molecular formula is C18H26N2O2. The largest absolute Gasteiger partial charge is 0.336 e. The zero-order chi connectivity index (χ0) is 15.5. The van der Waals surface area contributed by atoms with Crippen LogP contribution in [-0.2, 0) is 7.05 Å². The summed E-state index contributed by atoms with van der Waals surface area (Å²) in [5, 5.41) is 0. The van der Waals surface area contributed by atoms with Gasteiger partial charge in [0.1, 0.15) is 0 Å². The highest BCUT2D eigenvalue weighted by Crippen LogP contribution is 2.32. The maximum Gasteiger partial charge on any atom is 0.254 e. The lowest BCUT2D eigenvalue weighted by Crippen LogP contribution is -2.37. The van der Waals surface area contributed by atoms with E-state index in [-0.39, 0.29) is 11.5 Å². The lowest BCUT2D eigenvalue weighted by molar-refractivity contribution is 0.0711. The zero-order valence-corrected chi connectivity index (χ0v) is 13.5. The van der Waals surface area contributed by atoms with Gasteiger partial charge in [-0.15, -0.1) is 0 Å². The van der Waals surface area contributed by atoms with E-state index in [1.165, 1.54) is 42.7 Å². The van der Waals surface area contributed by atoms with Crippen molar-refractivity contribution in [3.63, 3.8) is 0 Å². The van der Waals surface area contributed by atoms with Gasteiger partial charge in [-0.3, -0.25) is 9.59 Å². The van der Waals surface area contributed by atoms with Crippen LogP contribution in [0.3, 0.4) is 0 Å². The molecule has 2 aliphatic rings. The summed E-state index contributed by atoms with van der Waals surface area (Å²) < 4.78 is 1.50. The molecule has 0 bridgehead atoms. The number of hydrogen-bond acceptors (Lipinski definition) is 2. The molecule has 1 saturated heterocycles. The normalized spacial score (nSPS) is 23.0. The van der Waals surface area contributed by atoms with Crippen LogP contribution in [0.15, 0.2) is 23.1 Å². The number of carbonyl (C=O) groups is 1. The van der Waals surface area contributed by atoms with E-state index < -0.39 is 0 Å². The molecule has 0 unspecified atom stereocenters. The highest BCUT2D eigenvalue weighted by atomic mass is 16.2. The van der Waals surface area contributed by atoms with Crippen LogP contribution < -0.4 is 5.56 Å². The molecule has 2 fully saturated rings. The maximum atomic E-state index is 12.7. The lowest BCUT2D eigenvalue weighted by Gasteiger charge is -2.30. The SMILES string of the molecule is Cn1ccc(C(=O)N2CCC[C@@H]2CC2CCCCC2)cc1=O. The summed E-state index contributed by atoms with van der Waals surface area (Å²) in [6.45, 7) is 0.839. The van der Waals surface area contributed by atoms with Crippen LogP contribution in [0.25, 0.3) is 0 Å². The third-order valence-electron chi connectivity index (χ3n) is 5.32. The van der Waals surface area contributed by atoms with Crippen LogP contribution in [0.4, 0.5) is 0 Å². The van der Waals surface area contributed by atoms with Gasteiger partial charge in [-0.2, -0.15) is 0 Å². The molecule has 1 atom stereocenters. The Labute approximate surface area is 132 Å². The Kier molecular flexibility index (Phi) is 4.65. The Balaban J connectivity index is 1.70. The number of hydrogen-bond donors (Lipinski definition) is 0. The second-order valence-corrected chi connectivity index (χ2v) is 6.90. The van der Waals surface area contributed by atoms with Gasteiger partial charge < -0.3 is 9.47 Å². The van der Waals surface area contributed by atoms with E-state index >= 15 is 0 Å². The summed E-state index contributed by atoms with van der Waals surface area (Å²) in [6, 6.07) is 3.61. The summed E-state index contributed by atoms with van der Waals surface area (Å²) >= 11 is 0. The Morgan fingerprint density at radius 3 is 2.68 bits per heavy atom. The molecule has 22 heavy (non-hydrogen) atoms. The average Bonchev–Trinajstić information content (AvgIpc) is 2.98. The monoisotopic (exact) mass is 302 g/mol. The van der Waals surface area contributed by atoms with E-state index in [9.17, 15) is 9.59 Å². The first-order valence-electron chi connectivity index (χ1n) is 8.63. The molecular weight excluding hydrogens is 276 g/mol. The molecule has 120 valence electrons. The van der Waals surface area contributed by atoms with Gasteiger partial charge in [0.05, 0.1) is 0 Å². The molecule has 1 saturated carbocycles. The maximum absolute atomic E-state index is 12.7. The third kappa shape index (κ3) is 3.26. The van der Waals surface area contributed by atoms with Crippen LogP contribution in [0.1, 0.15) is 61.7 Å². The fraction of sp³-hybridized carbons (Fsp3) is 0.667. The molecule has 1 amide bonds. The fourth-order valence-electron chi connectivity index (χ4n) is 4.00. The number of aromatic nitrogens is 1. The van der Waals surface area contributed by atoms with Crippen LogP contribution in [0.2, 0.25) is 0 Å². The van der Waals surface area contributed by atoms with Gasteiger partial charge in [0.15, 0.2) is 0 Å². The van der Waals surface area contributed by atoms with Crippen LogP contribution in [0, 0.1) is 5.92 Å². The Hall–Kier alpha value is -1.58. The Bertz CT molecular complexity index is 587. The van der Waals surface area contributed by atoms with Crippen molar-refractivity contribution in [3.8, 4) is 0 Å². The van der Waals surface area contributed by atoms with Crippen molar-refractivity contribution in [2.24, 2.45) is 13.0 Å². The van der Waals surface area contributed by atoms with Gasteiger partial charge in [-0.1, -0.05) is 32.1 Å². The van der Waals surface area contributed by atoms with Crippen molar-refractivity contribution < 1.29 is 4.79 Å². The summed E-state index contributed by atoms with van der Waals surface area (Å²) in [6.07, 6.45) is 11.8. The van der Waals surface area contributed by atoms with E-state index in [0.717, 1.165) is 31.7 Å². The predicted molar refractivity (Wildman–Crippen MR) is 86.9 cm³/mol. The quantitative estimate of drug-likeness (QED) is 0.861. The van der Waals surface area contributed by atoms with Gasteiger partial charge in [-0.05, 0) is 31.2 Å². The first-order chi connectivity index (χ1) is 10.6. The molecule has 1 aliphatic carbocycles. The van der Waals surface area contributed by atoms with Crippen molar-refractivity contribution in [2.45, 2.75) is 57.4 Å². The summed E-state index contributed by atoms with van der Waals surface area (Å²) in [7, 11) is 1.71. The highest BCUT2D eigenvalue weighted by Gasteiger charge is 2.31. The van der Waals surface area contributed by atoms with E-state index in [1.807, 2.05) is 4.90 Å². The second kappa shape index (κ2) is 6.67. The van der Waals surface area contributed by atoms with Crippen molar-refractivity contribution in [3.05, 3.63) is 34.2 Å². The first kappa shape index (κ1) is 15.3. The molecule has 1 aliphatic heterocycles. The van der Waals surface area contributed by atoms with Crippen molar-refractivity contribution >= 4 is 5.91 Å². The molecule has 0 aromatic carbocycles. The standard InChI is InChI=1S/C18H26N2O2/c1-19-11-9-15(13-17(19)21)18(22)20-10-5-8-16(20)12-14-6-3-2-4-7-14/h9,11,13-14,16H,2-8,10,12H2,1H3/t16-/m1/s1. The summed E-state index contributed by atoms with van der Waals surface area (Å²) in [5.41, 5.74) is 0.424. The van der Waals surface area contributed by atoms with Gasteiger partial charge in [0.2, 0.25) is 0 Å². The molecule has 0 N–H and O–H groups in total. The molecule has 0 spiro atoms. The highest BCUT2D eigenvalue weighted by molar-refractivity contribution is 5.94. The van der Waals surface area contributed by atoms with Crippen molar-refractivity contribution in [2.75, 3.05) is 6.54 Å². The molecule has 0 radical (unpaired) electrons. The topological polar surface area (TPSA) is 42.3 Å². The molecule has 4 nitrogen and oxygen atoms in total. The van der Waals surface area contributed by atoms with Gasteiger partial charge in [0, 0.05) is 37.5 Å². The fourth-order valence-corrected chi connectivity index (χ4v) is 4.00. The number of likely N-dealkylation sites (tertiary alicyclic amines) is 1. The van der Waals surface area contributed by atoms with E-state index in [4.69, 9.17) is 0 Å². The number of nitrogens with zero attached hydrogens (tertiary/aromatic N) is 2. The van der Waals surface area contributed by atoms with Crippen LogP contribution >= 0.6 is 0 Å². The minimum atomic E-state index is -0.117. The Morgan fingerprint density at radius 2 is 1.95 bits per heavy atom. The molecule has 3 rings (SSSR count). The predicted octanol–water partition coefficient (Wildman–Crippen LogP) is 2.96. The van der Waals surface area contributed by atoms with E-state index in [2.05, 4.69) is 0 Å². The Morgan fingerprint density at radius 1 is 1.18 bits per heavy atom. The van der Waals surface area contributed by atoms with Crippen LogP contribution in [-0.4, -0.2) is 28.0 Å². The van der Waals surface area contributed by atoms with E-state index in [1.54, 1.807) is 19.3 Å². The molecule has 1 aromatic rings. The third-order valence-corrected chi connectivity index (χ3v) is 5.32. The molecule has 2 heterocycles.